The maximum Gasteiger partial charge on any atom is 0.337 e. The number of para-hydroxylation sites is 1. The number of carbonyl (C=O) groups is 1. The second kappa shape index (κ2) is 5.21. The van der Waals surface area contributed by atoms with E-state index in [0.29, 0.717) is 12.2 Å². The molecule has 20 heavy (non-hydrogen) atoms. The minimum absolute atomic E-state index is 0.00857. The van der Waals surface area contributed by atoms with E-state index < -0.39 is 5.97 Å². The molecule has 2 heterocycles. The topological polar surface area (TPSA) is 71.5 Å². The Kier molecular flexibility index (Phi) is 3.25. The third-order valence-electron chi connectivity index (χ3n) is 3.29. The maximum atomic E-state index is 11.1. The molecule has 1 aromatic carbocycles. The third-order valence-corrected chi connectivity index (χ3v) is 3.29. The van der Waals surface area contributed by atoms with Crippen molar-refractivity contribution >= 4 is 11.7 Å². The monoisotopic (exact) mass is 270 g/mol. The smallest absolute Gasteiger partial charge is 0.337 e. The van der Waals surface area contributed by atoms with E-state index in [1.54, 1.807) is 0 Å². The second-order valence-electron chi connectivity index (χ2n) is 4.66. The summed E-state index contributed by atoms with van der Waals surface area (Å²) in [6, 6.07) is 9.40. The fourth-order valence-electron chi connectivity index (χ4n) is 2.31. The molecule has 5 heteroatoms. The van der Waals surface area contributed by atoms with Crippen LogP contribution in [0.1, 0.15) is 15.9 Å². The van der Waals surface area contributed by atoms with Crippen molar-refractivity contribution in [3.8, 4) is 5.75 Å². The van der Waals surface area contributed by atoms with Crippen LogP contribution in [-0.2, 0) is 6.42 Å². The predicted molar refractivity (Wildman–Crippen MR) is 74.2 cm³/mol. The molecule has 0 radical (unpaired) electrons. The first-order valence-electron chi connectivity index (χ1n) is 6.40. The zero-order valence-corrected chi connectivity index (χ0v) is 10.7. The molecule has 0 aliphatic carbocycles. The van der Waals surface area contributed by atoms with Crippen LogP contribution in [0.2, 0.25) is 0 Å². The molecule has 1 aromatic heterocycles. The highest BCUT2D eigenvalue weighted by molar-refractivity contribution is 5.93. The van der Waals surface area contributed by atoms with E-state index in [9.17, 15) is 4.79 Å². The SMILES string of the molecule is O=C(O)c1ccncc1NCC1Cc2ccccc2O1. The zero-order chi connectivity index (χ0) is 13.9. The van der Waals surface area contributed by atoms with Crippen molar-refractivity contribution in [1.29, 1.82) is 0 Å². The summed E-state index contributed by atoms with van der Waals surface area (Å²) >= 11 is 0. The van der Waals surface area contributed by atoms with E-state index in [2.05, 4.69) is 10.3 Å². The van der Waals surface area contributed by atoms with E-state index in [0.717, 1.165) is 12.2 Å². The number of nitrogens with zero attached hydrogens (tertiary/aromatic N) is 1. The van der Waals surface area contributed by atoms with Crippen molar-refractivity contribution in [2.75, 3.05) is 11.9 Å². The highest BCUT2D eigenvalue weighted by Crippen LogP contribution is 2.28. The van der Waals surface area contributed by atoms with Gasteiger partial charge in [0, 0.05) is 12.6 Å². The lowest BCUT2D eigenvalue weighted by Gasteiger charge is -2.14. The number of aromatic carboxylic acids is 1. The van der Waals surface area contributed by atoms with E-state index in [-0.39, 0.29) is 11.7 Å². The average Bonchev–Trinajstić information content (AvgIpc) is 2.88. The molecule has 1 unspecified atom stereocenters. The summed E-state index contributed by atoms with van der Waals surface area (Å²) in [5.74, 6) is -0.0607. The Morgan fingerprint density at radius 2 is 2.25 bits per heavy atom. The van der Waals surface area contributed by atoms with Crippen LogP contribution in [0.4, 0.5) is 5.69 Å². The van der Waals surface area contributed by atoms with E-state index in [1.165, 1.54) is 24.0 Å². The molecule has 102 valence electrons. The molecular weight excluding hydrogens is 256 g/mol. The van der Waals surface area contributed by atoms with Crippen LogP contribution in [0.3, 0.4) is 0 Å². The number of hydrogen-bond acceptors (Lipinski definition) is 4. The highest BCUT2D eigenvalue weighted by Gasteiger charge is 2.22. The van der Waals surface area contributed by atoms with E-state index >= 15 is 0 Å². The number of benzene rings is 1. The average molecular weight is 270 g/mol. The summed E-state index contributed by atoms with van der Waals surface area (Å²) in [4.78, 5) is 15.0. The standard InChI is InChI=1S/C15H14N2O3/c18-15(19)12-5-6-16-9-13(12)17-8-11-7-10-3-1-2-4-14(10)20-11/h1-6,9,11,17H,7-8H2,(H,18,19). The predicted octanol–water partition coefficient (Wildman–Crippen LogP) is 2.20. The first-order chi connectivity index (χ1) is 9.74. The van der Waals surface area contributed by atoms with Crippen LogP contribution < -0.4 is 10.1 Å². The largest absolute Gasteiger partial charge is 0.488 e. The Hall–Kier alpha value is -2.56. The first-order valence-corrected chi connectivity index (χ1v) is 6.40. The summed E-state index contributed by atoms with van der Waals surface area (Å²) in [6.07, 6.45) is 3.82. The molecule has 2 aromatic rings. The highest BCUT2D eigenvalue weighted by atomic mass is 16.5. The Bertz CT molecular complexity index is 618. The van der Waals surface area contributed by atoms with Crippen LogP contribution >= 0.6 is 0 Å². The van der Waals surface area contributed by atoms with Gasteiger partial charge in [-0.3, -0.25) is 4.98 Å². The van der Waals surface area contributed by atoms with Gasteiger partial charge in [0.15, 0.2) is 0 Å². The summed E-state index contributed by atoms with van der Waals surface area (Å²) in [6.45, 7) is 0.542. The molecule has 5 nitrogen and oxygen atoms in total. The number of fused-ring (bicyclic) bond motifs is 1. The molecule has 0 saturated carbocycles. The number of rotatable bonds is 4. The molecule has 0 fully saturated rings. The lowest BCUT2D eigenvalue weighted by molar-refractivity contribution is 0.0697. The van der Waals surface area contributed by atoms with Gasteiger partial charge in [0.05, 0.1) is 24.0 Å². The van der Waals surface area contributed by atoms with Crippen molar-refractivity contribution < 1.29 is 14.6 Å². The van der Waals surface area contributed by atoms with Gasteiger partial charge in [-0.2, -0.15) is 0 Å². The Balaban J connectivity index is 1.66. The minimum Gasteiger partial charge on any atom is -0.488 e. The quantitative estimate of drug-likeness (QED) is 0.891. The third kappa shape index (κ3) is 2.42. The number of hydrogen-bond donors (Lipinski definition) is 2. The van der Waals surface area contributed by atoms with Gasteiger partial charge in [0.1, 0.15) is 11.9 Å². The summed E-state index contributed by atoms with van der Waals surface area (Å²) in [5, 5.41) is 12.2. The first kappa shape index (κ1) is 12.5. The van der Waals surface area contributed by atoms with Crippen molar-refractivity contribution in [3.05, 3.63) is 53.9 Å². The number of aromatic nitrogens is 1. The van der Waals surface area contributed by atoms with Gasteiger partial charge in [-0.25, -0.2) is 4.79 Å². The van der Waals surface area contributed by atoms with Gasteiger partial charge in [-0.1, -0.05) is 18.2 Å². The molecule has 2 N–H and O–H groups in total. The van der Waals surface area contributed by atoms with Crippen LogP contribution in [0.15, 0.2) is 42.7 Å². The van der Waals surface area contributed by atoms with E-state index in [1.807, 2.05) is 24.3 Å². The van der Waals surface area contributed by atoms with Crippen molar-refractivity contribution in [1.82, 2.24) is 4.98 Å². The van der Waals surface area contributed by atoms with Crippen LogP contribution in [0, 0.1) is 0 Å². The lowest BCUT2D eigenvalue weighted by Crippen LogP contribution is -2.24. The zero-order valence-electron chi connectivity index (χ0n) is 10.7. The minimum atomic E-state index is -0.967. The fourth-order valence-corrected chi connectivity index (χ4v) is 2.31. The Morgan fingerprint density at radius 3 is 3.05 bits per heavy atom. The maximum absolute atomic E-state index is 11.1. The summed E-state index contributed by atoms with van der Waals surface area (Å²) < 4.78 is 5.80. The number of carboxylic acid groups (broad SMARTS) is 1. The molecule has 1 aliphatic heterocycles. The van der Waals surface area contributed by atoms with Gasteiger partial charge >= 0.3 is 5.97 Å². The molecule has 0 saturated heterocycles. The molecule has 0 spiro atoms. The summed E-state index contributed by atoms with van der Waals surface area (Å²) in [7, 11) is 0. The number of carboxylic acids is 1. The van der Waals surface area contributed by atoms with Gasteiger partial charge in [0.2, 0.25) is 0 Å². The van der Waals surface area contributed by atoms with Crippen LogP contribution in [-0.4, -0.2) is 28.7 Å². The van der Waals surface area contributed by atoms with E-state index in [4.69, 9.17) is 9.84 Å². The van der Waals surface area contributed by atoms with Gasteiger partial charge in [0.25, 0.3) is 0 Å². The van der Waals surface area contributed by atoms with Gasteiger partial charge < -0.3 is 15.2 Å². The van der Waals surface area contributed by atoms with Crippen molar-refractivity contribution in [2.45, 2.75) is 12.5 Å². The number of ether oxygens (including phenoxy) is 1. The number of pyridine rings is 1. The summed E-state index contributed by atoms with van der Waals surface area (Å²) in [5.41, 5.74) is 1.92. The number of nitrogens with one attached hydrogen (secondary N) is 1. The fraction of sp³-hybridized carbons (Fsp3) is 0.200. The Morgan fingerprint density at radius 1 is 1.40 bits per heavy atom. The Labute approximate surface area is 116 Å². The molecule has 0 bridgehead atoms. The van der Waals surface area contributed by atoms with Gasteiger partial charge in [-0.15, -0.1) is 0 Å². The lowest BCUT2D eigenvalue weighted by atomic mass is 10.1. The van der Waals surface area contributed by atoms with Crippen molar-refractivity contribution in [3.63, 3.8) is 0 Å². The molecule has 1 aliphatic rings. The van der Waals surface area contributed by atoms with Crippen molar-refractivity contribution in [2.24, 2.45) is 0 Å². The molecular formula is C15H14N2O3. The molecule has 3 rings (SSSR count). The van der Waals surface area contributed by atoms with Crippen LogP contribution in [0.5, 0.6) is 5.75 Å². The van der Waals surface area contributed by atoms with Crippen LogP contribution in [0.25, 0.3) is 0 Å². The second-order valence-corrected chi connectivity index (χ2v) is 4.66. The normalized spacial score (nSPS) is 16.3. The molecule has 1 atom stereocenters. The number of anilines is 1. The molecule has 0 amide bonds. The van der Waals surface area contributed by atoms with Gasteiger partial charge in [-0.05, 0) is 17.7 Å².